The minimum atomic E-state index is -0.355. The third-order valence-electron chi connectivity index (χ3n) is 6.87. The Balaban J connectivity index is 1.56. The number of esters is 1. The van der Waals surface area contributed by atoms with Crippen molar-refractivity contribution < 1.29 is 14.3 Å². The zero-order valence-electron chi connectivity index (χ0n) is 20.8. The predicted octanol–water partition coefficient (Wildman–Crippen LogP) is 7.53. The lowest BCUT2D eigenvalue weighted by molar-refractivity contribution is 0.0526. The predicted molar refractivity (Wildman–Crippen MR) is 148 cm³/mol. The van der Waals surface area contributed by atoms with E-state index in [2.05, 4.69) is 31.3 Å². The number of hydrogen-bond donors (Lipinski definition) is 1. The van der Waals surface area contributed by atoms with E-state index in [9.17, 15) is 9.59 Å². The lowest BCUT2D eigenvalue weighted by Crippen LogP contribution is -2.17. The Morgan fingerprint density at radius 2 is 1.94 bits per heavy atom. The van der Waals surface area contributed by atoms with E-state index in [0.717, 1.165) is 59.1 Å². The number of anilines is 1. The minimum Gasteiger partial charge on any atom is -0.462 e. The monoisotopic (exact) mass is 518 g/mol. The summed E-state index contributed by atoms with van der Waals surface area (Å²) in [6.45, 7) is 6.45. The second-order valence-corrected chi connectivity index (χ2v) is 11.4. The number of amides is 1. The van der Waals surface area contributed by atoms with Crippen molar-refractivity contribution in [1.29, 1.82) is 0 Å². The van der Waals surface area contributed by atoms with Gasteiger partial charge in [0.2, 0.25) is 0 Å². The smallest absolute Gasteiger partial charge is 0.341 e. The molecule has 0 fully saturated rings. The lowest BCUT2D eigenvalue weighted by Gasteiger charge is -2.20. The number of thiophene rings is 2. The zero-order chi connectivity index (χ0) is 25.2. The summed E-state index contributed by atoms with van der Waals surface area (Å²) >= 11 is 3.22. The lowest BCUT2D eigenvalue weighted by atomic mass is 9.85. The first-order valence-electron chi connectivity index (χ1n) is 12.6. The molecule has 1 aliphatic rings. The van der Waals surface area contributed by atoms with Crippen LogP contribution in [-0.2, 0) is 24.0 Å². The molecule has 0 saturated heterocycles. The standard InChI is InChI=1S/C29H30N2O3S2/c1-4-17-11-13-20-25(15-17)36-28(26(20)29(33)34-6-3)31-27(32)21-16-23(24-14-12-18(5-2)35-24)30-22-10-8-7-9-19(21)22/h7-10,12,14,16-17H,4-6,11,13,15H2,1-3H3,(H,31,32). The van der Waals surface area contributed by atoms with Gasteiger partial charge in [-0.2, -0.15) is 0 Å². The van der Waals surface area contributed by atoms with Crippen LogP contribution in [0, 0.1) is 5.92 Å². The first kappa shape index (κ1) is 24.7. The summed E-state index contributed by atoms with van der Waals surface area (Å²) < 4.78 is 5.40. The van der Waals surface area contributed by atoms with E-state index >= 15 is 0 Å². The quantitative estimate of drug-likeness (QED) is 0.257. The molecule has 3 aromatic heterocycles. The Morgan fingerprint density at radius 3 is 2.69 bits per heavy atom. The number of rotatable bonds is 7. The molecule has 7 heteroatoms. The molecule has 4 aromatic rings. The number of nitrogens with zero attached hydrogens (tertiary/aromatic N) is 1. The van der Waals surface area contributed by atoms with Crippen molar-refractivity contribution in [3.63, 3.8) is 0 Å². The van der Waals surface area contributed by atoms with Crippen molar-refractivity contribution in [3.05, 3.63) is 68.9 Å². The van der Waals surface area contributed by atoms with E-state index in [1.807, 2.05) is 30.3 Å². The normalized spacial score (nSPS) is 15.0. The molecule has 0 radical (unpaired) electrons. The van der Waals surface area contributed by atoms with Gasteiger partial charge in [-0.25, -0.2) is 9.78 Å². The minimum absolute atomic E-state index is 0.238. The summed E-state index contributed by atoms with van der Waals surface area (Å²) in [5, 5.41) is 4.48. The molecular weight excluding hydrogens is 488 g/mol. The number of nitrogens with one attached hydrogen (secondary N) is 1. The number of carbonyl (C=O) groups is 2. The van der Waals surface area contributed by atoms with Crippen LogP contribution in [0.5, 0.6) is 0 Å². The molecule has 0 saturated carbocycles. The summed E-state index contributed by atoms with van der Waals surface area (Å²) in [7, 11) is 0. The highest BCUT2D eigenvalue weighted by Gasteiger charge is 2.30. The summed E-state index contributed by atoms with van der Waals surface area (Å²) in [5.41, 5.74) is 3.68. The molecule has 0 bridgehead atoms. The molecule has 1 N–H and O–H groups in total. The number of fused-ring (bicyclic) bond motifs is 2. The largest absolute Gasteiger partial charge is 0.462 e. The highest BCUT2D eigenvalue weighted by Crippen LogP contribution is 2.41. The van der Waals surface area contributed by atoms with Crippen LogP contribution < -0.4 is 5.32 Å². The van der Waals surface area contributed by atoms with Gasteiger partial charge < -0.3 is 10.1 Å². The number of aromatic nitrogens is 1. The number of para-hydroxylation sites is 1. The maximum atomic E-state index is 13.8. The number of aryl methyl sites for hydroxylation is 1. The highest BCUT2D eigenvalue weighted by atomic mass is 32.1. The molecule has 1 aliphatic carbocycles. The van der Waals surface area contributed by atoms with Crippen LogP contribution in [0.3, 0.4) is 0 Å². The van der Waals surface area contributed by atoms with Gasteiger partial charge in [0, 0.05) is 15.1 Å². The maximum Gasteiger partial charge on any atom is 0.341 e. The molecule has 186 valence electrons. The summed E-state index contributed by atoms with van der Waals surface area (Å²) in [6, 6.07) is 13.8. The second-order valence-electron chi connectivity index (χ2n) is 9.09. The van der Waals surface area contributed by atoms with Crippen LogP contribution in [0.2, 0.25) is 0 Å². The van der Waals surface area contributed by atoms with Crippen molar-refractivity contribution in [2.24, 2.45) is 5.92 Å². The van der Waals surface area contributed by atoms with Gasteiger partial charge >= 0.3 is 5.97 Å². The number of pyridine rings is 1. The van der Waals surface area contributed by atoms with E-state index in [1.54, 1.807) is 18.3 Å². The van der Waals surface area contributed by atoms with Crippen molar-refractivity contribution in [2.45, 2.75) is 52.9 Å². The van der Waals surface area contributed by atoms with Gasteiger partial charge in [-0.15, -0.1) is 22.7 Å². The van der Waals surface area contributed by atoms with Crippen molar-refractivity contribution >= 4 is 50.5 Å². The fraction of sp³-hybridized carbons (Fsp3) is 0.345. The topological polar surface area (TPSA) is 68.3 Å². The number of hydrogen-bond acceptors (Lipinski definition) is 6. The summed E-state index contributed by atoms with van der Waals surface area (Å²) in [6.07, 6.45) is 4.92. The van der Waals surface area contributed by atoms with Crippen LogP contribution >= 0.6 is 22.7 Å². The van der Waals surface area contributed by atoms with Crippen LogP contribution in [0.15, 0.2) is 42.5 Å². The maximum absolute atomic E-state index is 13.8. The third kappa shape index (κ3) is 4.70. The van der Waals surface area contributed by atoms with Gasteiger partial charge in [0.25, 0.3) is 5.91 Å². The van der Waals surface area contributed by atoms with E-state index in [0.29, 0.717) is 28.7 Å². The number of carbonyl (C=O) groups excluding carboxylic acids is 2. The van der Waals surface area contributed by atoms with Crippen LogP contribution in [0.25, 0.3) is 21.5 Å². The number of benzene rings is 1. The van der Waals surface area contributed by atoms with Gasteiger partial charge in [-0.1, -0.05) is 38.5 Å². The Morgan fingerprint density at radius 1 is 1.11 bits per heavy atom. The van der Waals surface area contributed by atoms with E-state index in [-0.39, 0.29) is 11.9 Å². The second kappa shape index (κ2) is 10.5. The van der Waals surface area contributed by atoms with Crippen LogP contribution in [-0.4, -0.2) is 23.5 Å². The van der Waals surface area contributed by atoms with Crippen LogP contribution in [0.1, 0.15) is 69.6 Å². The SMILES string of the molecule is CCOC(=O)c1c(NC(=O)c2cc(-c3ccc(CC)s3)nc3ccccc23)sc2c1CCC(CC)C2. The Labute approximate surface area is 219 Å². The van der Waals surface area contributed by atoms with Crippen LogP contribution in [0.4, 0.5) is 5.00 Å². The molecule has 5 nitrogen and oxygen atoms in total. The molecule has 0 spiro atoms. The molecule has 0 aliphatic heterocycles. The molecule has 1 unspecified atom stereocenters. The molecule has 5 rings (SSSR count). The summed E-state index contributed by atoms with van der Waals surface area (Å²) in [4.78, 5) is 35.1. The molecular formula is C29H30N2O3S2. The third-order valence-corrected chi connectivity index (χ3v) is 9.30. The van der Waals surface area contributed by atoms with Gasteiger partial charge in [-0.3, -0.25) is 4.79 Å². The van der Waals surface area contributed by atoms with Crippen molar-refractivity contribution in [2.75, 3.05) is 11.9 Å². The molecule has 1 aromatic carbocycles. The number of ether oxygens (including phenoxy) is 1. The van der Waals surface area contributed by atoms with Crippen molar-refractivity contribution in [1.82, 2.24) is 4.98 Å². The van der Waals surface area contributed by atoms with Gasteiger partial charge in [-0.05, 0) is 68.4 Å². The average Bonchev–Trinajstić information content (AvgIpc) is 3.52. The van der Waals surface area contributed by atoms with E-state index in [4.69, 9.17) is 9.72 Å². The first-order chi connectivity index (χ1) is 17.5. The molecule has 1 amide bonds. The van der Waals surface area contributed by atoms with Crippen molar-refractivity contribution in [3.8, 4) is 10.6 Å². The highest BCUT2D eigenvalue weighted by molar-refractivity contribution is 7.17. The fourth-order valence-electron chi connectivity index (χ4n) is 4.88. The van der Waals surface area contributed by atoms with Gasteiger partial charge in [0.05, 0.1) is 33.8 Å². The van der Waals surface area contributed by atoms with Gasteiger partial charge in [0.1, 0.15) is 5.00 Å². The molecule has 3 heterocycles. The van der Waals surface area contributed by atoms with E-state index < -0.39 is 0 Å². The Hall–Kier alpha value is -3.03. The average molecular weight is 519 g/mol. The molecule has 36 heavy (non-hydrogen) atoms. The van der Waals surface area contributed by atoms with Gasteiger partial charge in [0.15, 0.2) is 0 Å². The Kier molecular flexibility index (Phi) is 7.21. The first-order valence-corrected chi connectivity index (χ1v) is 14.3. The summed E-state index contributed by atoms with van der Waals surface area (Å²) in [5.74, 6) is 0.0183. The fourth-order valence-corrected chi connectivity index (χ4v) is 7.13. The van der Waals surface area contributed by atoms with E-state index in [1.165, 1.54) is 21.1 Å². The zero-order valence-corrected chi connectivity index (χ0v) is 22.5. The molecule has 1 atom stereocenters. The Bertz CT molecular complexity index is 1440.